The number of hydrogen-bond acceptors (Lipinski definition) is 3. The van der Waals surface area contributed by atoms with Crippen molar-refractivity contribution < 1.29 is 4.74 Å². The molecule has 2 atom stereocenters. The molecule has 2 unspecified atom stereocenters. The van der Waals surface area contributed by atoms with Gasteiger partial charge in [0.15, 0.2) is 0 Å². The van der Waals surface area contributed by atoms with Gasteiger partial charge in [-0.1, -0.05) is 61.6 Å². The van der Waals surface area contributed by atoms with Crippen molar-refractivity contribution in [3.05, 3.63) is 95.6 Å². The quantitative estimate of drug-likeness (QED) is 0.366. The lowest BCUT2D eigenvalue weighted by Gasteiger charge is -2.48. The van der Waals surface area contributed by atoms with Crippen LogP contribution in [-0.4, -0.2) is 0 Å². The van der Waals surface area contributed by atoms with Crippen molar-refractivity contribution in [2.24, 2.45) is 11.3 Å². The molecule has 2 aromatic rings. The van der Waals surface area contributed by atoms with Crippen LogP contribution in [0.5, 0.6) is 11.5 Å². The number of ether oxygens (including phenoxy) is 1. The van der Waals surface area contributed by atoms with Gasteiger partial charge >= 0.3 is 0 Å². The van der Waals surface area contributed by atoms with Crippen LogP contribution in [-0.2, 0) is 5.41 Å². The molecule has 0 N–H and O–H groups in total. The van der Waals surface area contributed by atoms with E-state index in [4.69, 9.17) is 4.74 Å². The van der Waals surface area contributed by atoms with Gasteiger partial charge in [-0.05, 0) is 43.2 Å². The molecule has 5 rings (SSSR count). The predicted molar refractivity (Wildman–Crippen MR) is 126 cm³/mol. The van der Waals surface area contributed by atoms with Crippen molar-refractivity contribution >= 4 is 25.3 Å². The Bertz CT molecular complexity index is 1070. The summed E-state index contributed by atoms with van der Waals surface area (Å²) in [5.41, 5.74) is 3.23. The molecule has 1 heterocycles. The molecule has 1 nitrogen and oxygen atoms in total. The third-order valence-corrected chi connectivity index (χ3v) is 7.35. The second-order valence-corrected chi connectivity index (χ2v) is 9.54. The first kappa shape index (κ1) is 18.9. The van der Waals surface area contributed by atoms with E-state index >= 15 is 0 Å². The van der Waals surface area contributed by atoms with E-state index in [2.05, 4.69) is 106 Å². The molecular formula is C26H24OS2. The molecule has 3 aliphatic rings. The summed E-state index contributed by atoms with van der Waals surface area (Å²) in [5.74, 6) is 2.19. The molecule has 29 heavy (non-hydrogen) atoms. The van der Waals surface area contributed by atoms with Crippen LogP contribution in [0, 0.1) is 11.3 Å². The maximum absolute atomic E-state index is 6.34. The van der Waals surface area contributed by atoms with E-state index in [9.17, 15) is 0 Å². The first-order valence-corrected chi connectivity index (χ1v) is 10.9. The SMILES string of the molecule is CC1(C2(C)c3ccc(S)cc3Oc3cc(S)ccc32)C=CCC2C=CC=CC2=C1. The standard InChI is InChI=1S/C26H24OS2/c1-25(13-5-8-17-6-3-4-7-18(17)16-25)26(2)21-11-9-19(28)14-23(21)27-24-15-20(29)10-12-22(24)26/h3-7,9-17,28-29H,8H2,1-2H3. The molecule has 0 fully saturated rings. The zero-order chi connectivity index (χ0) is 20.2. The van der Waals surface area contributed by atoms with Gasteiger partial charge < -0.3 is 4.74 Å². The predicted octanol–water partition coefficient (Wildman–Crippen LogP) is 7.31. The number of allylic oxidation sites excluding steroid dienone is 8. The minimum absolute atomic E-state index is 0.226. The summed E-state index contributed by atoms with van der Waals surface area (Å²) in [6.45, 7) is 4.68. The Morgan fingerprint density at radius 1 is 0.931 bits per heavy atom. The monoisotopic (exact) mass is 416 g/mol. The first-order valence-electron chi connectivity index (χ1n) is 10.0. The second kappa shape index (κ2) is 6.72. The Labute approximate surface area is 183 Å². The first-order chi connectivity index (χ1) is 13.9. The molecule has 0 spiro atoms. The topological polar surface area (TPSA) is 9.23 Å². The minimum atomic E-state index is -0.299. The van der Waals surface area contributed by atoms with Gasteiger partial charge in [-0.15, -0.1) is 25.3 Å². The summed E-state index contributed by atoms with van der Waals surface area (Å²) in [6, 6.07) is 12.5. The van der Waals surface area contributed by atoms with E-state index in [0.29, 0.717) is 5.92 Å². The molecule has 0 saturated heterocycles. The van der Waals surface area contributed by atoms with E-state index in [1.165, 1.54) is 16.7 Å². The van der Waals surface area contributed by atoms with Crippen LogP contribution in [0.25, 0.3) is 0 Å². The molecule has 146 valence electrons. The van der Waals surface area contributed by atoms with Gasteiger partial charge in [-0.3, -0.25) is 0 Å². The van der Waals surface area contributed by atoms with Gasteiger partial charge in [0.1, 0.15) is 11.5 Å². The van der Waals surface area contributed by atoms with Crippen LogP contribution in [0.4, 0.5) is 0 Å². The van der Waals surface area contributed by atoms with Gasteiger partial charge in [0.2, 0.25) is 0 Å². The largest absolute Gasteiger partial charge is 0.457 e. The molecule has 0 bridgehead atoms. The maximum Gasteiger partial charge on any atom is 0.132 e. The summed E-state index contributed by atoms with van der Waals surface area (Å²) >= 11 is 9.11. The van der Waals surface area contributed by atoms with Crippen LogP contribution in [0.1, 0.15) is 31.4 Å². The highest BCUT2D eigenvalue weighted by Gasteiger charge is 2.50. The van der Waals surface area contributed by atoms with Crippen LogP contribution in [0.15, 0.2) is 94.3 Å². The normalized spacial score (nSPS) is 25.9. The van der Waals surface area contributed by atoms with E-state index in [0.717, 1.165) is 27.7 Å². The number of thiol groups is 2. The Balaban J connectivity index is 1.79. The molecule has 3 heteroatoms. The summed E-state index contributed by atoms with van der Waals surface area (Å²) in [6.07, 6.45) is 17.1. The molecule has 0 aromatic heterocycles. The Kier molecular flexibility index (Phi) is 4.38. The zero-order valence-corrected chi connectivity index (χ0v) is 18.4. The molecule has 0 amide bonds. The summed E-state index contributed by atoms with van der Waals surface area (Å²) in [4.78, 5) is 1.80. The van der Waals surface area contributed by atoms with Gasteiger partial charge in [0.25, 0.3) is 0 Å². The Morgan fingerprint density at radius 2 is 1.59 bits per heavy atom. The summed E-state index contributed by atoms with van der Waals surface area (Å²) in [7, 11) is 0. The zero-order valence-electron chi connectivity index (χ0n) is 16.6. The lowest BCUT2D eigenvalue weighted by Crippen LogP contribution is -2.42. The maximum atomic E-state index is 6.34. The molecular weight excluding hydrogens is 392 g/mol. The van der Waals surface area contributed by atoms with Gasteiger partial charge in [0, 0.05) is 37.7 Å². The molecule has 2 aliphatic carbocycles. The Hall–Kier alpha value is -2.10. The fraction of sp³-hybridized carbons (Fsp3) is 0.231. The average molecular weight is 417 g/mol. The fourth-order valence-electron chi connectivity index (χ4n) is 5.00. The highest BCUT2D eigenvalue weighted by atomic mass is 32.1. The van der Waals surface area contributed by atoms with Crippen LogP contribution < -0.4 is 4.74 Å². The highest BCUT2D eigenvalue weighted by Crippen LogP contribution is 2.59. The number of hydrogen-bond donors (Lipinski definition) is 2. The molecule has 2 aromatic carbocycles. The van der Waals surface area contributed by atoms with E-state index in [-0.39, 0.29) is 10.8 Å². The molecule has 0 saturated carbocycles. The lowest BCUT2D eigenvalue weighted by atomic mass is 9.57. The molecule has 0 radical (unpaired) electrons. The van der Waals surface area contributed by atoms with Gasteiger partial charge in [0.05, 0.1) is 0 Å². The van der Waals surface area contributed by atoms with Crippen molar-refractivity contribution in [1.29, 1.82) is 0 Å². The average Bonchev–Trinajstić information content (AvgIpc) is 2.86. The van der Waals surface area contributed by atoms with Crippen molar-refractivity contribution in [3.63, 3.8) is 0 Å². The van der Waals surface area contributed by atoms with Crippen LogP contribution >= 0.6 is 25.3 Å². The Morgan fingerprint density at radius 3 is 2.24 bits per heavy atom. The third kappa shape index (κ3) is 2.86. The van der Waals surface area contributed by atoms with Crippen LogP contribution in [0.3, 0.4) is 0 Å². The number of benzene rings is 2. The smallest absolute Gasteiger partial charge is 0.132 e. The van der Waals surface area contributed by atoms with Crippen molar-refractivity contribution in [1.82, 2.24) is 0 Å². The third-order valence-electron chi connectivity index (χ3n) is 6.80. The second-order valence-electron chi connectivity index (χ2n) is 8.50. The van der Waals surface area contributed by atoms with Crippen molar-refractivity contribution in [2.45, 2.75) is 35.5 Å². The minimum Gasteiger partial charge on any atom is -0.457 e. The number of fused-ring (bicyclic) bond motifs is 3. The van der Waals surface area contributed by atoms with Crippen LogP contribution in [0.2, 0.25) is 0 Å². The van der Waals surface area contributed by atoms with Gasteiger partial charge in [-0.25, -0.2) is 0 Å². The fourth-order valence-corrected chi connectivity index (χ4v) is 5.38. The van der Waals surface area contributed by atoms with Crippen molar-refractivity contribution in [2.75, 3.05) is 0 Å². The van der Waals surface area contributed by atoms with Crippen molar-refractivity contribution in [3.8, 4) is 11.5 Å². The van der Waals surface area contributed by atoms with E-state index in [1.54, 1.807) is 0 Å². The molecule has 1 aliphatic heterocycles. The van der Waals surface area contributed by atoms with E-state index in [1.807, 2.05) is 12.1 Å². The highest BCUT2D eigenvalue weighted by molar-refractivity contribution is 7.80. The van der Waals surface area contributed by atoms with E-state index < -0.39 is 0 Å². The summed E-state index contributed by atoms with van der Waals surface area (Å²) < 4.78 is 6.34. The summed E-state index contributed by atoms with van der Waals surface area (Å²) in [5, 5.41) is 0. The number of rotatable bonds is 1. The lowest BCUT2D eigenvalue weighted by molar-refractivity contribution is 0.295. The van der Waals surface area contributed by atoms with Gasteiger partial charge in [-0.2, -0.15) is 0 Å².